The van der Waals surface area contributed by atoms with Crippen LogP contribution in [0, 0.1) is 0 Å². The Bertz CT molecular complexity index is 874. The van der Waals surface area contributed by atoms with Gasteiger partial charge >= 0.3 is 6.03 Å². The minimum atomic E-state index is -0.790. The number of imidazole rings is 1. The number of rotatable bonds is 3. The molecule has 8 heteroatoms. The number of fused-ring (bicyclic) bond motifs is 1. The van der Waals surface area contributed by atoms with E-state index in [0.717, 1.165) is 29.7 Å². The Hall–Kier alpha value is -2.90. The second-order valence-electron chi connectivity index (χ2n) is 6.48. The van der Waals surface area contributed by atoms with Gasteiger partial charge in [0.25, 0.3) is 5.91 Å². The van der Waals surface area contributed by atoms with Gasteiger partial charge in [-0.2, -0.15) is 0 Å². The fourth-order valence-corrected chi connectivity index (χ4v) is 3.69. The Kier molecular flexibility index (Phi) is 3.67. The molecule has 4 amide bonds. The largest absolute Gasteiger partial charge is 0.332 e. The summed E-state index contributed by atoms with van der Waals surface area (Å²) in [6.07, 6.45) is 1.70. The fraction of sp³-hybridized carbons (Fsp3) is 0.412. The molecule has 2 atom stereocenters. The number of aromatic nitrogens is 2. The van der Waals surface area contributed by atoms with Crippen LogP contribution in [-0.2, 0) is 16.6 Å². The predicted octanol–water partition coefficient (Wildman–Crippen LogP) is 0.835. The quantitative estimate of drug-likeness (QED) is 0.809. The lowest BCUT2D eigenvalue weighted by atomic mass is 10.1. The minimum absolute atomic E-state index is 0.0297. The van der Waals surface area contributed by atoms with E-state index in [1.165, 1.54) is 0 Å². The highest BCUT2D eigenvalue weighted by atomic mass is 16.2. The van der Waals surface area contributed by atoms with E-state index in [1.807, 2.05) is 35.9 Å². The summed E-state index contributed by atoms with van der Waals surface area (Å²) in [6, 6.07) is 6.43. The summed E-state index contributed by atoms with van der Waals surface area (Å²) in [5.74, 6) is 0.265. The summed E-state index contributed by atoms with van der Waals surface area (Å²) >= 11 is 0. The van der Waals surface area contributed by atoms with Gasteiger partial charge in [-0.3, -0.25) is 14.9 Å². The molecule has 2 fully saturated rings. The normalized spacial score (nSPS) is 23.2. The number of urea groups is 1. The third-order valence-electron chi connectivity index (χ3n) is 4.93. The number of imide groups is 1. The first-order valence-electron chi connectivity index (χ1n) is 8.37. The van der Waals surface area contributed by atoms with Crippen LogP contribution in [0.15, 0.2) is 24.3 Å². The Morgan fingerprint density at radius 2 is 2.12 bits per heavy atom. The van der Waals surface area contributed by atoms with Crippen molar-refractivity contribution in [2.75, 3.05) is 6.54 Å². The van der Waals surface area contributed by atoms with E-state index < -0.39 is 18.0 Å². The summed E-state index contributed by atoms with van der Waals surface area (Å²) < 4.78 is 2.02. The van der Waals surface area contributed by atoms with Crippen LogP contribution in [-0.4, -0.2) is 44.9 Å². The zero-order valence-electron chi connectivity index (χ0n) is 13.9. The topological polar surface area (TPSA) is 96.3 Å². The first kappa shape index (κ1) is 15.6. The van der Waals surface area contributed by atoms with Crippen LogP contribution in [0.5, 0.6) is 0 Å². The van der Waals surface area contributed by atoms with Gasteiger partial charge in [-0.25, -0.2) is 9.78 Å². The molecule has 0 radical (unpaired) electrons. The Morgan fingerprint density at radius 3 is 2.84 bits per heavy atom. The van der Waals surface area contributed by atoms with E-state index in [2.05, 4.69) is 10.6 Å². The molecule has 3 heterocycles. The smallest absolute Gasteiger partial charge is 0.322 e. The van der Waals surface area contributed by atoms with Crippen LogP contribution >= 0.6 is 0 Å². The van der Waals surface area contributed by atoms with Gasteiger partial charge in [0.2, 0.25) is 5.91 Å². The van der Waals surface area contributed by atoms with Gasteiger partial charge in [0, 0.05) is 13.6 Å². The molecule has 8 nitrogen and oxygen atoms in total. The average Bonchev–Trinajstić information content (AvgIpc) is 3.26. The summed E-state index contributed by atoms with van der Waals surface area (Å²) in [7, 11) is 1.95. The van der Waals surface area contributed by atoms with E-state index in [-0.39, 0.29) is 18.4 Å². The molecule has 1 aromatic carbocycles. The Balaban J connectivity index is 1.57. The predicted molar refractivity (Wildman–Crippen MR) is 89.5 cm³/mol. The van der Waals surface area contributed by atoms with Crippen molar-refractivity contribution in [1.29, 1.82) is 0 Å². The van der Waals surface area contributed by atoms with Crippen molar-refractivity contribution in [3.8, 4) is 0 Å². The van der Waals surface area contributed by atoms with Crippen molar-refractivity contribution in [3.05, 3.63) is 30.1 Å². The highest BCUT2D eigenvalue weighted by Crippen LogP contribution is 2.33. The van der Waals surface area contributed by atoms with E-state index in [1.54, 1.807) is 4.90 Å². The number of carbonyl (C=O) groups excluding carboxylic acids is 3. The number of amides is 4. The van der Waals surface area contributed by atoms with Crippen molar-refractivity contribution >= 4 is 28.9 Å². The number of nitrogens with one attached hydrogen (secondary N) is 2. The molecule has 2 aromatic rings. The maximum absolute atomic E-state index is 12.7. The van der Waals surface area contributed by atoms with Gasteiger partial charge in [-0.05, 0) is 25.0 Å². The van der Waals surface area contributed by atoms with Crippen LogP contribution in [0.3, 0.4) is 0 Å². The molecule has 0 saturated carbocycles. The number of benzene rings is 1. The number of hydrogen-bond donors (Lipinski definition) is 2. The molecule has 1 aromatic heterocycles. The summed E-state index contributed by atoms with van der Waals surface area (Å²) in [4.78, 5) is 42.1. The lowest BCUT2D eigenvalue weighted by Gasteiger charge is -2.25. The Morgan fingerprint density at radius 1 is 1.32 bits per heavy atom. The molecule has 2 unspecified atom stereocenters. The minimum Gasteiger partial charge on any atom is -0.332 e. The first-order chi connectivity index (χ1) is 12.0. The number of para-hydroxylation sites is 2. The summed E-state index contributed by atoms with van der Waals surface area (Å²) in [5.41, 5.74) is 1.93. The molecular formula is C17H19N5O3. The van der Waals surface area contributed by atoms with E-state index >= 15 is 0 Å². The number of carbonyl (C=O) groups is 3. The SMILES string of the molecule is Cn1c(C2CCCN2C(=O)CC2NC(=O)NC2=O)nc2ccccc21. The first-order valence-corrected chi connectivity index (χ1v) is 8.37. The molecular weight excluding hydrogens is 322 g/mol. The molecule has 0 aliphatic carbocycles. The molecule has 2 aliphatic rings. The van der Waals surface area contributed by atoms with Gasteiger partial charge in [0.1, 0.15) is 11.9 Å². The fourth-order valence-electron chi connectivity index (χ4n) is 3.69. The third kappa shape index (κ3) is 2.63. The highest BCUT2D eigenvalue weighted by molar-refractivity contribution is 6.05. The average molecular weight is 341 g/mol. The monoisotopic (exact) mass is 341 g/mol. The molecule has 0 bridgehead atoms. The van der Waals surface area contributed by atoms with Gasteiger partial charge in [0.15, 0.2) is 0 Å². The molecule has 0 spiro atoms. The molecule has 2 N–H and O–H groups in total. The lowest BCUT2D eigenvalue weighted by molar-refractivity contribution is -0.134. The molecule has 25 heavy (non-hydrogen) atoms. The van der Waals surface area contributed by atoms with E-state index in [0.29, 0.717) is 6.54 Å². The second-order valence-corrected chi connectivity index (χ2v) is 6.48. The molecule has 4 rings (SSSR count). The number of aryl methyl sites for hydroxylation is 1. The number of nitrogens with zero attached hydrogens (tertiary/aromatic N) is 3. The van der Waals surface area contributed by atoms with Gasteiger partial charge in [-0.15, -0.1) is 0 Å². The lowest BCUT2D eigenvalue weighted by Crippen LogP contribution is -2.39. The van der Waals surface area contributed by atoms with Crippen molar-refractivity contribution in [2.24, 2.45) is 7.05 Å². The van der Waals surface area contributed by atoms with Crippen molar-refractivity contribution in [3.63, 3.8) is 0 Å². The van der Waals surface area contributed by atoms with E-state index in [4.69, 9.17) is 4.98 Å². The van der Waals surface area contributed by atoms with Crippen LogP contribution in [0.1, 0.15) is 31.1 Å². The van der Waals surface area contributed by atoms with Crippen molar-refractivity contribution < 1.29 is 14.4 Å². The van der Waals surface area contributed by atoms with Crippen LogP contribution < -0.4 is 10.6 Å². The van der Waals surface area contributed by atoms with Crippen LogP contribution in [0.4, 0.5) is 4.79 Å². The standard InChI is InChI=1S/C17H19N5O3/c1-21-12-6-3-2-5-10(12)18-15(21)13-7-4-8-22(13)14(23)9-11-16(24)20-17(25)19-11/h2-3,5-6,11,13H,4,7-9H2,1H3,(H2,19,20,24,25). The molecule has 2 aliphatic heterocycles. The molecule has 130 valence electrons. The number of likely N-dealkylation sites (tertiary alicyclic amines) is 1. The highest BCUT2D eigenvalue weighted by Gasteiger charge is 2.37. The van der Waals surface area contributed by atoms with E-state index in [9.17, 15) is 14.4 Å². The zero-order chi connectivity index (χ0) is 17.6. The van der Waals surface area contributed by atoms with Gasteiger partial charge in [0.05, 0.1) is 23.5 Å². The van der Waals surface area contributed by atoms with Crippen molar-refractivity contribution in [2.45, 2.75) is 31.3 Å². The second kappa shape index (κ2) is 5.87. The van der Waals surface area contributed by atoms with Gasteiger partial charge in [-0.1, -0.05) is 12.1 Å². The third-order valence-corrected chi connectivity index (χ3v) is 4.93. The number of hydrogen-bond acceptors (Lipinski definition) is 4. The van der Waals surface area contributed by atoms with Crippen LogP contribution in [0.25, 0.3) is 11.0 Å². The van der Waals surface area contributed by atoms with Gasteiger partial charge < -0.3 is 14.8 Å². The van der Waals surface area contributed by atoms with Crippen LogP contribution in [0.2, 0.25) is 0 Å². The zero-order valence-corrected chi connectivity index (χ0v) is 13.9. The Labute approximate surface area is 144 Å². The summed E-state index contributed by atoms with van der Waals surface area (Å²) in [5, 5.41) is 4.63. The van der Waals surface area contributed by atoms with Crippen molar-refractivity contribution in [1.82, 2.24) is 25.1 Å². The molecule has 2 saturated heterocycles. The maximum Gasteiger partial charge on any atom is 0.322 e. The summed E-state index contributed by atoms with van der Waals surface area (Å²) in [6.45, 7) is 0.634. The maximum atomic E-state index is 12.7.